The molecule has 1 aromatic rings. The van der Waals surface area contributed by atoms with E-state index in [0.717, 1.165) is 5.56 Å². The Morgan fingerprint density at radius 2 is 1.89 bits per heavy atom. The summed E-state index contributed by atoms with van der Waals surface area (Å²) in [5.74, 6) is -1.76. The second kappa shape index (κ2) is 9.83. The number of amides is 1. The summed E-state index contributed by atoms with van der Waals surface area (Å²) in [5.41, 5.74) is 7.29. The van der Waals surface area contributed by atoms with Gasteiger partial charge in [-0.15, -0.1) is 0 Å². The number of carbonyl (C=O) groups is 3. The van der Waals surface area contributed by atoms with Crippen molar-refractivity contribution in [1.82, 2.24) is 4.90 Å². The lowest BCUT2D eigenvalue weighted by molar-refractivity contribution is -0.175. The zero-order chi connectivity index (χ0) is 26.3. The molecule has 10 heteroatoms. The number of fused-ring (bicyclic) bond motifs is 1. The van der Waals surface area contributed by atoms with E-state index in [-0.39, 0.29) is 34.7 Å². The van der Waals surface area contributed by atoms with Gasteiger partial charge >= 0.3 is 11.9 Å². The van der Waals surface area contributed by atoms with E-state index in [9.17, 15) is 14.4 Å². The van der Waals surface area contributed by atoms with Crippen molar-refractivity contribution in [2.45, 2.75) is 65.9 Å². The SMILES string of the molecule is C[C@@H](O[Si](C)(C)C)[C@H]1C(=O)N2C(C(=O)OCOC(=O)C(C)(C)C)=C(c3cccc(C(N)=S)c3)C[C@H]12. The predicted molar refractivity (Wildman–Crippen MR) is 138 cm³/mol. The summed E-state index contributed by atoms with van der Waals surface area (Å²) in [6.07, 6.45) is 0.186. The number of carbonyl (C=O) groups excluding carboxylic acids is 3. The number of ether oxygens (including phenoxy) is 2. The Labute approximate surface area is 212 Å². The molecule has 1 amide bonds. The predicted octanol–water partition coefficient (Wildman–Crippen LogP) is 3.59. The van der Waals surface area contributed by atoms with Crippen LogP contribution < -0.4 is 5.73 Å². The van der Waals surface area contributed by atoms with E-state index in [1.54, 1.807) is 39.0 Å². The number of thiocarbonyl (C=S) groups is 1. The highest BCUT2D eigenvalue weighted by molar-refractivity contribution is 7.80. The number of esters is 2. The van der Waals surface area contributed by atoms with Gasteiger partial charge in [0.15, 0.2) is 8.32 Å². The van der Waals surface area contributed by atoms with Crippen LogP contribution in [-0.4, -0.2) is 55.0 Å². The average molecular weight is 519 g/mol. The van der Waals surface area contributed by atoms with E-state index in [2.05, 4.69) is 19.6 Å². The molecule has 35 heavy (non-hydrogen) atoms. The second-order valence-electron chi connectivity index (χ2n) is 10.9. The third-order valence-electron chi connectivity index (χ3n) is 5.94. The molecule has 0 radical (unpaired) electrons. The normalized spacial score (nSPS) is 20.8. The van der Waals surface area contributed by atoms with Gasteiger partial charge in [-0.05, 0) is 71.0 Å². The molecule has 8 nitrogen and oxygen atoms in total. The number of hydrogen-bond acceptors (Lipinski definition) is 7. The fourth-order valence-electron chi connectivity index (χ4n) is 4.41. The van der Waals surface area contributed by atoms with Gasteiger partial charge in [0.2, 0.25) is 12.7 Å². The zero-order valence-electron chi connectivity index (χ0n) is 21.3. The van der Waals surface area contributed by atoms with E-state index in [0.29, 0.717) is 17.6 Å². The molecule has 190 valence electrons. The summed E-state index contributed by atoms with van der Waals surface area (Å²) in [6.45, 7) is 12.7. The van der Waals surface area contributed by atoms with Crippen LogP contribution in [-0.2, 0) is 28.3 Å². The molecule has 2 aliphatic heterocycles. The van der Waals surface area contributed by atoms with Gasteiger partial charge in [-0.25, -0.2) is 4.79 Å². The van der Waals surface area contributed by atoms with E-state index in [4.69, 9.17) is 31.9 Å². The number of β-lactam (4-membered cyclic amide) rings is 1. The van der Waals surface area contributed by atoms with Crippen LogP contribution in [0.15, 0.2) is 30.0 Å². The monoisotopic (exact) mass is 518 g/mol. The first-order valence-corrected chi connectivity index (χ1v) is 15.4. The molecule has 0 aromatic heterocycles. The van der Waals surface area contributed by atoms with Gasteiger partial charge in [-0.3, -0.25) is 9.59 Å². The van der Waals surface area contributed by atoms with Crippen LogP contribution in [0.1, 0.15) is 45.2 Å². The zero-order valence-corrected chi connectivity index (χ0v) is 23.2. The van der Waals surface area contributed by atoms with E-state index in [1.807, 2.05) is 13.0 Å². The van der Waals surface area contributed by atoms with Crippen LogP contribution in [0.4, 0.5) is 0 Å². The fraction of sp³-hybridized carbons (Fsp3) is 0.520. The molecule has 0 unspecified atom stereocenters. The van der Waals surface area contributed by atoms with Gasteiger partial charge in [-0.2, -0.15) is 0 Å². The maximum Gasteiger partial charge on any atom is 0.358 e. The van der Waals surface area contributed by atoms with Crippen molar-refractivity contribution in [3.63, 3.8) is 0 Å². The molecule has 0 aliphatic carbocycles. The number of benzene rings is 1. The third kappa shape index (κ3) is 5.82. The maximum atomic E-state index is 13.2. The van der Waals surface area contributed by atoms with Crippen molar-refractivity contribution in [2.24, 2.45) is 17.1 Å². The van der Waals surface area contributed by atoms with Crippen LogP contribution in [0.25, 0.3) is 5.57 Å². The van der Waals surface area contributed by atoms with Crippen LogP contribution in [0, 0.1) is 11.3 Å². The van der Waals surface area contributed by atoms with Crippen LogP contribution >= 0.6 is 12.2 Å². The minimum Gasteiger partial charge on any atom is -0.427 e. The van der Waals surface area contributed by atoms with Crippen LogP contribution in [0.2, 0.25) is 19.6 Å². The molecular formula is C25H34N2O6SSi. The van der Waals surface area contributed by atoms with E-state index >= 15 is 0 Å². The Balaban J connectivity index is 1.90. The van der Waals surface area contributed by atoms with Gasteiger partial charge in [-0.1, -0.05) is 30.4 Å². The molecule has 3 atom stereocenters. The summed E-state index contributed by atoms with van der Waals surface area (Å²) >= 11 is 5.11. The van der Waals surface area contributed by atoms with Crippen molar-refractivity contribution < 1.29 is 28.3 Å². The Kier molecular flexibility index (Phi) is 7.59. The quantitative estimate of drug-likeness (QED) is 0.183. The van der Waals surface area contributed by atoms with Crippen molar-refractivity contribution in [1.29, 1.82) is 0 Å². The summed E-state index contributed by atoms with van der Waals surface area (Å²) < 4.78 is 16.6. The first-order chi connectivity index (χ1) is 16.1. The fourth-order valence-corrected chi connectivity index (χ4v) is 5.80. The molecule has 0 saturated carbocycles. The molecule has 2 heterocycles. The number of rotatable bonds is 8. The maximum absolute atomic E-state index is 13.2. The van der Waals surface area contributed by atoms with Gasteiger partial charge in [0.25, 0.3) is 0 Å². The molecule has 0 spiro atoms. The van der Waals surface area contributed by atoms with Crippen molar-refractivity contribution >= 4 is 48.9 Å². The van der Waals surface area contributed by atoms with Crippen molar-refractivity contribution in [2.75, 3.05) is 6.79 Å². The van der Waals surface area contributed by atoms with Gasteiger partial charge < -0.3 is 24.5 Å². The average Bonchev–Trinajstić information content (AvgIpc) is 3.06. The molecular weight excluding hydrogens is 484 g/mol. The smallest absolute Gasteiger partial charge is 0.358 e. The Bertz CT molecular complexity index is 1090. The molecule has 1 aromatic carbocycles. The minimum atomic E-state index is -1.88. The van der Waals surface area contributed by atoms with E-state index < -0.39 is 32.5 Å². The highest BCUT2D eigenvalue weighted by Gasteiger charge is 2.57. The van der Waals surface area contributed by atoms with E-state index in [1.165, 1.54) is 4.90 Å². The molecule has 1 saturated heterocycles. The summed E-state index contributed by atoms with van der Waals surface area (Å²) in [7, 11) is -1.88. The Morgan fingerprint density at radius 3 is 2.46 bits per heavy atom. The number of hydrogen-bond donors (Lipinski definition) is 1. The minimum absolute atomic E-state index is 0.156. The highest BCUT2D eigenvalue weighted by atomic mass is 32.1. The Morgan fingerprint density at radius 1 is 1.23 bits per heavy atom. The van der Waals surface area contributed by atoms with Gasteiger partial charge in [0.05, 0.1) is 23.5 Å². The molecule has 0 bridgehead atoms. The number of nitrogens with two attached hydrogens (primary N) is 1. The second-order valence-corrected chi connectivity index (χ2v) is 15.8. The molecule has 2 aliphatic rings. The first-order valence-electron chi connectivity index (χ1n) is 11.6. The van der Waals surface area contributed by atoms with Gasteiger partial charge in [0.1, 0.15) is 10.7 Å². The first kappa shape index (κ1) is 27.0. The lowest BCUT2D eigenvalue weighted by atomic mass is 9.82. The standard InChI is InChI=1S/C25H34N2O6SSi/c1-14(33-35(5,6)7)19-18-12-17(15-9-8-10-16(11-15)21(26)34)20(27(18)22(19)28)23(29)31-13-32-24(30)25(2,3)4/h8-11,14,18-19H,12-13H2,1-7H3,(H2,26,34)/t14-,18-,19-/m1/s1. The highest BCUT2D eigenvalue weighted by Crippen LogP contribution is 2.48. The molecule has 2 N–H and O–H groups in total. The molecule has 3 rings (SSSR count). The van der Waals surface area contributed by atoms with Crippen molar-refractivity contribution in [3.05, 3.63) is 41.1 Å². The Hall–Kier alpha value is -2.56. The molecule has 1 fully saturated rings. The summed E-state index contributed by atoms with van der Waals surface area (Å²) in [4.78, 5) is 40.2. The number of nitrogens with zero attached hydrogens (tertiary/aromatic N) is 1. The summed E-state index contributed by atoms with van der Waals surface area (Å²) in [6, 6.07) is 7.02. The van der Waals surface area contributed by atoms with Gasteiger partial charge in [0, 0.05) is 5.56 Å². The summed E-state index contributed by atoms with van der Waals surface area (Å²) in [5, 5.41) is 0. The largest absolute Gasteiger partial charge is 0.427 e. The topological polar surface area (TPSA) is 108 Å². The third-order valence-corrected chi connectivity index (χ3v) is 7.25. The van der Waals surface area contributed by atoms with Crippen LogP contribution in [0.3, 0.4) is 0 Å². The van der Waals surface area contributed by atoms with Crippen LogP contribution in [0.5, 0.6) is 0 Å². The van der Waals surface area contributed by atoms with Crippen molar-refractivity contribution in [3.8, 4) is 0 Å². The lowest BCUT2D eigenvalue weighted by Gasteiger charge is -2.47. The lowest BCUT2D eigenvalue weighted by Crippen LogP contribution is -2.63.